The van der Waals surface area contributed by atoms with Crippen LogP contribution in [0.2, 0.25) is 0 Å². The zero-order valence-corrected chi connectivity index (χ0v) is 14.6. The second-order valence-electron chi connectivity index (χ2n) is 5.99. The molecule has 0 atom stereocenters. The summed E-state index contributed by atoms with van der Waals surface area (Å²) in [5.41, 5.74) is 2.45. The SMILES string of the molecule is CCN1CCN(C(=S)N/C=C2/CCCOc3ccccc32)CC1. The summed E-state index contributed by atoms with van der Waals surface area (Å²) in [5.74, 6) is 0.973. The van der Waals surface area contributed by atoms with Gasteiger partial charge in [0.05, 0.1) is 6.61 Å². The molecule has 2 aliphatic heterocycles. The van der Waals surface area contributed by atoms with E-state index in [4.69, 9.17) is 17.0 Å². The van der Waals surface area contributed by atoms with E-state index in [0.717, 1.165) is 63.0 Å². The lowest BCUT2D eigenvalue weighted by molar-refractivity contribution is 0.189. The zero-order valence-electron chi connectivity index (χ0n) is 13.8. The van der Waals surface area contributed by atoms with Gasteiger partial charge in [-0.25, -0.2) is 0 Å². The summed E-state index contributed by atoms with van der Waals surface area (Å²) >= 11 is 5.57. The largest absolute Gasteiger partial charge is 0.493 e. The number of piperazine rings is 1. The molecule has 1 saturated heterocycles. The summed E-state index contributed by atoms with van der Waals surface area (Å²) < 4.78 is 5.81. The Morgan fingerprint density at radius 3 is 2.83 bits per heavy atom. The number of thiocarbonyl (C=S) groups is 1. The number of nitrogens with one attached hydrogen (secondary N) is 1. The maximum atomic E-state index is 5.81. The van der Waals surface area contributed by atoms with Gasteiger partial charge >= 0.3 is 0 Å². The molecule has 0 radical (unpaired) electrons. The van der Waals surface area contributed by atoms with Gasteiger partial charge in [0.15, 0.2) is 5.11 Å². The van der Waals surface area contributed by atoms with E-state index in [1.165, 1.54) is 11.1 Å². The second kappa shape index (κ2) is 7.79. The molecule has 3 rings (SSSR count). The molecule has 124 valence electrons. The number of likely N-dealkylation sites (N-methyl/N-ethyl adjacent to an activating group) is 1. The normalized spacial score (nSPS) is 20.6. The van der Waals surface area contributed by atoms with Gasteiger partial charge in [-0.15, -0.1) is 0 Å². The molecule has 0 unspecified atom stereocenters. The van der Waals surface area contributed by atoms with Crippen LogP contribution in [-0.2, 0) is 0 Å². The van der Waals surface area contributed by atoms with Gasteiger partial charge in [0.2, 0.25) is 0 Å². The van der Waals surface area contributed by atoms with Gasteiger partial charge in [-0.3, -0.25) is 0 Å². The number of hydrogen-bond donors (Lipinski definition) is 1. The highest BCUT2D eigenvalue weighted by Gasteiger charge is 2.18. The molecular formula is C18H25N3OS. The topological polar surface area (TPSA) is 27.7 Å². The van der Waals surface area contributed by atoms with Crippen molar-refractivity contribution in [1.82, 2.24) is 15.1 Å². The minimum atomic E-state index is 0.776. The summed E-state index contributed by atoms with van der Waals surface area (Å²) in [6, 6.07) is 8.24. The predicted octanol–water partition coefficient (Wildman–Crippen LogP) is 2.71. The van der Waals surface area contributed by atoms with Crippen molar-refractivity contribution in [2.24, 2.45) is 0 Å². The van der Waals surface area contributed by atoms with Crippen molar-refractivity contribution < 1.29 is 4.74 Å². The Morgan fingerprint density at radius 2 is 2.04 bits per heavy atom. The number of benzene rings is 1. The van der Waals surface area contributed by atoms with Crippen LogP contribution in [0.15, 0.2) is 30.5 Å². The quantitative estimate of drug-likeness (QED) is 0.841. The first-order chi connectivity index (χ1) is 11.3. The number of nitrogens with zero attached hydrogens (tertiary/aromatic N) is 2. The fourth-order valence-electron chi connectivity index (χ4n) is 3.09. The minimum absolute atomic E-state index is 0.776. The van der Waals surface area contributed by atoms with Crippen LogP contribution >= 0.6 is 12.2 Å². The van der Waals surface area contributed by atoms with E-state index in [-0.39, 0.29) is 0 Å². The van der Waals surface area contributed by atoms with Gasteiger partial charge in [0.25, 0.3) is 0 Å². The number of ether oxygens (including phenoxy) is 1. The van der Waals surface area contributed by atoms with Crippen molar-refractivity contribution >= 4 is 22.9 Å². The van der Waals surface area contributed by atoms with E-state index in [2.05, 4.69) is 40.4 Å². The summed E-state index contributed by atoms with van der Waals surface area (Å²) in [6.07, 6.45) is 4.11. The number of rotatable bonds is 2. The highest BCUT2D eigenvalue weighted by atomic mass is 32.1. The highest BCUT2D eigenvalue weighted by Crippen LogP contribution is 2.31. The van der Waals surface area contributed by atoms with Gasteiger partial charge in [-0.05, 0) is 43.2 Å². The van der Waals surface area contributed by atoms with Gasteiger partial charge < -0.3 is 19.9 Å². The molecule has 0 amide bonds. The number of allylic oxidation sites excluding steroid dienone is 1. The average Bonchev–Trinajstić information content (AvgIpc) is 2.82. The Hall–Kier alpha value is -1.59. The maximum absolute atomic E-state index is 5.81. The van der Waals surface area contributed by atoms with Crippen LogP contribution in [0.3, 0.4) is 0 Å². The standard InChI is InChI=1S/C18H25N3OS/c1-2-20-9-11-21(12-10-20)18(23)19-14-15-6-5-13-22-17-8-4-3-7-16(15)17/h3-4,7-8,14H,2,5-6,9-13H2,1H3,(H,19,23)/b15-14-. The molecule has 1 aromatic rings. The van der Waals surface area contributed by atoms with E-state index in [1.807, 2.05) is 12.1 Å². The lowest BCUT2D eigenvalue weighted by atomic mass is 10.0. The molecule has 1 aromatic carbocycles. The third-order valence-electron chi connectivity index (χ3n) is 4.56. The first-order valence-electron chi connectivity index (χ1n) is 8.47. The summed E-state index contributed by atoms with van der Waals surface area (Å²) in [7, 11) is 0. The van der Waals surface area contributed by atoms with Crippen LogP contribution < -0.4 is 10.1 Å². The Bertz CT molecular complexity index is 579. The van der Waals surface area contributed by atoms with Crippen LogP contribution in [0.1, 0.15) is 25.3 Å². The van der Waals surface area contributed by atoms with Gasteiger partial charge in [0, 0.05) is 37.9 Å². The molecular weight excluding hydrogens is 306 g/mol. The van der Waals surface area contributed by atoms with Crippen LogP contribution in [0.4, 0.5) is 0 Å². The number of para-hydroxylation sites is 1. The van der Waals surface area contributed by atoms with Crippen molar-refractivity contribution in [1.29, 1.82) is 0 Å². The molecule has 0 spiro atoms. The van der Waals surface area contributed by atoms with Crippen molar-refractivity contribution in [3.05, 3.63) is 36.0 Å². The Balaban J connectivity index is 1.64. The lowest BCUT2D eigenvalue weighted by Gasteiger charge is -2.35. The van der Waals surface area contributed by atoms with E-state index < -0.39 is 0 Å². The Morgan fingerprint density at radius 1 is 1.26 bits per heavy atom. The van der Waals surface area contributed by atoms with Crippen LogP contribution in [-0.4, -0.2) is 54.2 Å². The third kappa shape index (κ3) is 4.03. The molecule has 0 aliphatic carbocycles. The molecule has 1 fully saturated rings. The van der Waals surface area contributed by atoms with Crippen molar-refractivity contribution in [3.8, 4) is 5.75 Å². The zero-order chi connectivity index (χ0) is 16.1. The van der Waals surface area contributed by atoms with Crippen LogP contribution in [0.25, 0.3) is 5.57 Å². The second-order valence-corrected chi connectivity index (χ2v) is 6.38. The van der Waals surface area contributed by atoms with Crippen molar-refractivity contribution in [2.75, 3.05) is 39.3 Å². The molecule has 2 aliphatic rings. The van der Waals surface area contributed by atoms with Crippen molar-refractivity contribution in [3.63, 3.8) is 0 Å². The molecule has 4 nitrogen and oxygen atoms in total. The summed E-state index contributed by atoms with van der Waals surface area (Å²) in [6.45, 7) is 8.29. The van der Waals surface area contributed by atoms with E-state index >= 15 is 0 Å². The fraction of sp³-hybridized carbons (Fsp3) is 0.500. The first-order valence-corrected chi connectivity index (χ1v) is 8.88. The molecule has 1 N–H and O–H groups in total. The third-order valence-corrected chi connectivity index (χ3v) is 4.93. The molecule has 23 heavy (non-hydrogen) atoms. The molecule has 0 bridgehead atoms. The van der Waals surface area contributed by atoms with Gasteiger partial charge in [-0.2, -0.15) is 0 Å². The van der Waals surface area contributed by atoms with Gasteiger partial charge in [-0.1, -0.05) is 25.1 Å². The number of hydrogen-bond acceptors (Lipinski definition) is 3. The van der Waals surface area contributed by atoms with Crippen LogP contribution in [0.5, 0.6) is 5.75 Å². The Kier molecular flexibility index (Phi) is 5.51. The summed E-state index contributed by atoms with van der Waals surface area (Å²) in [5, 5.41) is 4.17. The fourth-order valence-corrected chi connectivity index (χ4v) is 3.34. The molecule has 0 aromatic heterocycles. The highest BCUT2D eigenvalue weighted by molar-refractivity contribution is 7.80. The Labute approximate surface area is 144 Å². The predicted molar refractivity (Wildman–Crippen MR) is 98.6 cm³/mol. The minimum Gasteiger partial charge on any atom is -0.493 e. The molecule has 2 heterocycles. The van der Waals surface area contributed by atoms with Crippen molar-refractivity contribution in [2.45, 2.75) is 19.8 Å². The number of fused-ring (bicyclic) bond motifs is 1. The summed E-state index contributed by atoms with van der Waals surface area (Å²) in [4.78, 5) is 4.72. The molecule has 5 heteroatoms. The van der Waals surface area contributed by atoms with E-state index in [1.54, 1.807) is 0 Å². The maximum Gasteiger partial charge on any atom is 0.173 e. The first kappa shape index (κ1) is 16.3. The van der Waals surface area contributed by atoms with E-state index in [0.29, 0.717) is 0 Å². The smallest absolute Gasteiger partial charge is 0.173 e. The average molecular weight is 331 g/mol. The monoisotopic (exact) mass is 331 g/mol. The van der Waals surface area contributed by atoms with Crippen LogP contribution in [0, 0.1) is 0 Å². The lowest BCUT2D eigenvalue weighted by Crippen LogP contribution is -2.50. The molecule has 0 saturated carbocycles. The van der Waals surface area contributed by atoms with Gasteiger partial charge in [0.1, 0.15) is 5.75 Å². The van der Waals surface area contributed by atoms with E-state index in [9.17, 15) is 0 Å².